The lowest BCUT2D eigenvalue weighted by Gasteiger charge is -2.16. The normalized spacial score (nSPS) is 10.0. The lowest BCUT2D eigenvalue weighted by molar-refractivity contribution is 0.102. The molecular weight excluding hydrogens is 380 g/mol. The van der Waals surface area contributed by atoms with Crippen LogP contribution in [0.2, 0.25) is 0 Å². The number of carbonyl (C=O) groups excluding carboxylic acids is 1. The van der Waals surface area contributed by atoms with Gasteiger partial charge >= 0.3 is 0 Å². The maximum absolute atomic E-state index is 12.7. The van der Waals surface area contributed by atoms with E-state index in [9.17, 15) is 4.79 Å². The van der Waals surface area contributed by atoms with Gasteiger partial charge in [-0.25, -0.2) is 4.98 Å². The first-order valence-corrected chi connectivity index (χ1v) is 7.65. The number of rotatable bonds is 6. The minimum Gasteiger partial charge on any atom is -0.493 e. The number of methoxy groups -OCH3 is 4. The van der Waals surface area contributed by atoms with Gasteiger partial charge < -0.3 is 24.3 Å². The van der Waals surface area contributed by atoms with Gasteiger partial charge in [0.15, 0.2) is 23.1 Å². The third kappa shape index (κ3) is 3.38. The van der Waals surface area contributed by atoms with Gasteiger partial charge in [-0.3, -0.25) is 4.79 Å². The molecule has 0 unspecified atom stereocenters. The largest absolute Gasteiger partial charge is 0.493 e. The van der Waals surface area contributed by atoms with E-state index in [-0.39, 0.29) is 0 Å². The molecule has 0 fully saturated rings. The first-order valence-electron chi connectivity index (χ1n) is 6.86. The number of anilines is 1. The van der Waals surface area contributed by atoms with E-state index in [1.54, 1.807) is 24.4 Å². The Morgan fingerprint density at radius 2 is 1.71 bits per heavy atom. The molecule has 0 radical (unpaired) electrons. The van der Waals surface area contributed by atoms with Crippen molar-refractivity contribution in [2.24, 2.45) is 0 Å². The van der Waals surface area contributed by atoms with E-state index in [0.29, 0.717) is 38.9 Å². The number of nitrogens with zero attached hydrogens (tertiary/aromatic N) is 1. The van der Waals surface area contributed by atoms with Crippen molar-refractivity contribution < 1.29 is 23.7 Å². The van der Waals surface area contributed by atoms with Crippen molar-refractivity contribution in [3.05, 3.63) is 34.4 Å². The molecule has 1 heterocycles. The molecule has 7 nitrogen and oxygen atoms in total. The van der Waals surface area contributed by atoms with Crippen LogP contribution in [0, 0.1) is 0 Å². The Morgan fingerprint density at radius 1 is 1.04 bits per heavy atom. The van der Waals surface area contributed by atoms with E-state index < -0.39 is 5.91 Å². The number of carbonyl (C=O) groups is 1. The van der Waals surface area contributed by atoms with Crippen molar-refractivity contribution in [1.29, 1.82) is 0 Å². The molecule has 0 saturated carbocycles. The molecule has 0 aliphatic carbocycles. The highest BCUT2D eigenvalue weighted by Crippen LogP contribution is 2.44. The number of benzene rings is 1. The van der Waals surface area contributed by atoms with Crippen molar-refractivity contribution in [2.45, 2.75) is 0 Å². The number of nitrogens with one attached hydrogen (secondary N) is 1. The summed E-state index contributed by atoms with van der Waals surface area (Å²) in [4.78, 5) is 16.8. The van der Waals surface area contributed by atoms with Crippen molar-refractivity contribution in [3.8, 4) is 23.0 Å². The van der Waals surface area contributed by atoms with Gasteiger partial charge in [0.1, 0.15) is 0 Å². The van der Waals surface area contributed by atoms with Gasteiger partial charge in [-0.2, -0.15) is 0 Å². The number of hydrogen-bond acceptors (Lipinski definition) is 6. The maximum atomic E-state index is 12.7. The topological polar surface area (TPSA) is 78.9 Å². The van der Waals surface area contributed by atoms with Gasteiger partial charge in [0.05, 0.1) is 38.5 Å². The minimum absolute atomic E-state index is 0.303. The summed E-state index contributed by atoms with van der Waals surface area (Å²) in [5, 5.41) is 2.70. The highest BCUT2D eigenvalue weighted by atomic mass is 79.9. The van der Waals surface area contributed by atoms with E-state index in [4.69, 9.17) is 18.9 Å². The van der Waals surface area contributed by atoms with Crippen molar-refractivity contribution in [3.63, 3.8) is 0 Å². The van der Waals surface area contributed by atoms with Crippen LogP contribution >= 0.6 is 15.9 Å². The molecule has 1 amide bonds. The lowest BCUT2D eigenvalue weighted by Crippen LogP contribution is -2.15. The average Bonchev–Trinajstić information content (AvgIpc) is 2.61. The Hall–Kier alpha value is -2.48. The fraction of sp³-hybridized carbons (Fsp3) is 0.250. The fourth-order valence-corrected chi connectivity index (χ4v) is 2.75. The maximum Gasteiger partial charge on any atom is 0.258 e. The zero-order valence-corrected chi connectivity index (χ0v) is 15.3. The van der Waals surface area contributed by atoms with Gasteiger partial charge in [-0.15, -0.1) is 0 Å². The zero-order valence-electron chi connectivity index (χ0n) is 13.7. The number of halogens is 1. The summed E-state index contributed by atoms with van der Waals surface area (Å²) in [6.07, 6.45) is 1.56. The highest BCUT2D eigenvalue weighted by Gasteiger charge is 2.23. The summed E-state index contributed by atoms with van der Waals surface area (Å²) in [6, 6.07) is 4.97. The number of aromatic nitrogens is 1. The molecule has 1 aromatic heterocycles. The van der Waals surface area contributed by atoms with Crippen LogP contribution in [0.3, 0.4) is 0 Å². The zero-order chi connectivity index (χ0) is 17.7. The molecule has 0 atom stereocenters. The van der Waals surface area contributed by atoms with E-state index in [1.807, 2.05) is 0 Å². The summed E-state index contributed by atoms with van der Waals surface area (Å²) >= 11 is 3.37. The van der Waals surface area contributed by atoms with Crippen LogP contribution < -0.4 is 24.3 Å². The predicted molar refractivity (Wildman–Crippen MR) is 92.5 cm³/mol. The summed E-state index contributed by atoms with van der Waals surface area (Å²) in [7, 11) is 5.95. The Bertz CT molecular complexity index is 751. The second-order valence-corrected chi connectivity index (χ2v) is 5.31. The number of hydrogen-bond donors (Lipinski definition) is 1. The molecule has 0 aliphatic heterocycles. The Labute approximate surface area is 148 Å². The summed E-state index contributed by atoms with van der Waals surface area (Å²) in [6.45, 7) is 0. The van der Waals surface area contributed by atoms with Crippen LogP contribution in [0.15, 0.2) is 28.9 Å². The van der Waals surface area contributed by atoms with Gasteiger partial charge in [0.2, 0.25) is 5.75 Å². The van der Waals surface area contributed by atoms with E-state index in [0.717, 1.165) is 0 Å². The first-order chi connectivity index (χ1) is 11.6. The number of amides is 1. The molecular formula is C16H17BrN2O5. The smallest absolute Gasteiger partial charge is 0.258 e. The molecule has 2 rings (SSSR count). The van der Waals surface area contributed by atoms with E-state index >= 15 is 0 Å². The molecule has 8 heteroatoms. The SMILES string of the molecule is COc1cccnc1NC(=O)c1cc(OC)c(OC)c(OC)c1Br. The average molecular weight is 397 g/mol. The molecule has 128 valence electrons. The van der Waals surface area contributed by atoms with E-state index in [1.165, 1.54) is 28.4 Å². The molecule has 2 aromatic rings. The first kappa shape index (κ1) is 17.9. The Balaban J connectivity index is 2.46. The molecule has 0 saturated heterocycles. The quantitative estimate of drug-likeness (QED) is 0.807. The van der Waals surface area contributed by atoms with Crippen LogP contribution in [-0.4, -0.2) is 39.3 Å². The van der Waals surface area contributed by atoms with Crippen molar-refractivity contribution >= 4 is 27.7 Å². The predicted octanol–water partition coefficient (Wildman–Crippen LogP) is 3.13. The van der Waals surface area contributed by atoms with Crippen molar-refractivity contribution in [2.75, 3.05) is 33.8 Å². The highest BCUT2D eigenvalue weighted by molar-refractivity contribution is 9.10. The van der Waals surface area contributed by atoms with Crippen LogP contribution in [-0.2, 0) is 0 Å². The molecule has 0 aliphatic rings. The standard InChI is InChI=1S/C16H17BrN2O5/c1-21-10-6-5-7-18-15(10)19-16(20)9-8-11(22-2)13(23-3)14(24-4)12(9)17/h5-8H,1-4H3,(H,18,19,20). The lowest BCUT2D eigenvalue weighted by atomic mass is 10.1. The molecule has 1 N–H and O–H groups in total. The summed E-state index contributed by atoms with van der Waals surface area (Å²) in [5.41, 5.74) is 0.303. The molecule has 1 aromatic carbocycles. The fourth-order valence-electron chi connectivity index (χ4n) is 2.11. The van der Waals surface area contributed by atoms with Crippen LogP contribution in [0.25, 0.3) is 0 Å². The van der Waals surface area contributed by atoms with Gasteiger partial charge in [-0.1, -0.05) is 0 Å². The van der Waals surface area contributed by atoms with Crippen LogP contribution in [0.5, 0.6) is 23.0 Å². The summed E-state index contributed by atoms with van der Waals surface area (Å²) in [5.74, 6) is 1.47. The number of pyridine rings is 1. The van der Waals surface area contributed by atoms with Crippen LogP contribution in [0.4, 0.5) is 5.82 Å². The minimum atomic E-state index is -0.405. The Kier molecular flexibility index (Phi) is 5.86. The van der Waals surface area contributed by atoms with Gasteiger partial charge in [0, 0.05) is 6.20 Å². The second kappa shape index (κ2) is 7.87. The monoisotopic (exact) mass is 396 g/mol. The third-order valence-electron chi connectivity index (χ3n) is 3.24. The van der Waals surface area contributed by atoms with Gasteiger partial charge in [-0.05, 0) is 34.1 Å². The Morgan fingerprint density at radius 3 is 2.29 bits per heavy atom. The molecule has 24 heavy (non-hydrogen) atoms. The number of ether oxygens (including phenoxy) is 4. The van der Waals surface area contributed by atoms with Gasteiger partial charge in [0.25, 0.3) is 5.91 Å². The third-order valence-corrected chi connectivity index (χ3v) is 4.02. The summed E-state index contributed by atoms with van der Waals surface area (Å²) < 4.78 is 21.5. The van der Waals surface area contributed by atoms with E-state index in [2.05, 4.69) is 26.2 Å². The second-order valence-electron chi connectivity index (χ2n) is 4.52. The molecule has 0 bridgehead atoms. The molecule has 0 spiro atoms. The van der Waals surface area contributed by atoms with Crippen LogP contribution in [0.1, 0.15) is 10.4 Å². The van der Waals surface area contributed by atoms with Crippen molar-refractivity contribution in [1.82, 2.24) is 4.98 Å².